The third-order valence-electron chi connectivity index (χ3n) is 6.11. The van der Waals surface area contributed by atoms with Gasteiger partial charge in [0.05, 0.1) is 16.7 Å². The number of aromatic nitrogens is 1. The Morgan fingerprint density at radius 3 is 2.18 bits per heavy atom. The van der Waals surface area contributed by atoms with Crippen molar-refractivity contribution in [2.75, 3.05) is 25.0 Å². The molecule has 0 fully saturated rings. The summed E-state index contributed by atoms with van der Waals surface area (Å²) in [5, 5.41) is 12.2. The molecule has 4 rings (SSSR count). The maximum Gasteiger partial charge on any atom is 0.0808 e. The zero-order chi connectivity index (χ0) is 21.3. The summed E-state index contributed by atoms with van der Waals surface area (Å²) in [4.78, 5) is 5.02. The van der Waals surface area contributed by atoms with Gasteiger partial charge in [-0.3, -0.25) is 0 Å². The molecule has 0 amide bonds. The van der Waals surface area contributed by atoms with Crippen molar-refractivity contribution in [3.8, 4) is 0 Å². The average molecular weight is 487 g/mol. The van der Waals surface area contributed by atoms with E-state index in [1.165, 1.54) is 65.8 Å². The van der Waals surface area contributed by atoms with E-state index in [1.54, 1.807) is 0 Å². The Balaban J connectivity index is 0.00000193. The van der Waals surface area contributed by atoms with Crippen molar-refractivity contribution in [3.63, 3.8) is 0 Å². The number of fused-ring (bicyclic) bond motifs is 4. The highest BCUT2D eigenvalue weighted by atomic mass is 35.5. The monoisotopic (exact) mass is 485 g/mol. The van der Waals surface area contributed by atoms with Crippen LogP contribution in [0.25, 0.3) is 32.6 Å². The lowest BCUT2D eigenvalue weighted by Gasteiger charge is -2.15. The van der Waals surface area contributed by atoms with E-state index in [1.807, 2.05) is 0 Å². The van der Waals surface area contributed by atoms with Crippen LogP contribution in [0.2, 0.25) is 0 Å². The molecule has 2 N–H and O–H groups in total. The summed E-state index contributed by atoms with van der Waals surface area (Å²) in [6, 6.07) is 21.4. The third kappa shape index (κ3) is 6.96. The number of unbranched alkanes of at least 4 members (excludes halogenated alkanes) is 5. The molecule has 0 aliphatic rings. The van der Waals surface area contributed by atoms with E-state index in [2.05, 4.69) is 78.2 Å². The Morgan fingerprint density at radius 2 is 1.33 bits per heavy atom. The zero-order valence-electron chi connectivity index (χ0n) is 19.6. The lowest BCUT2D eigenvalue weighted by Crippen LogP contribution is -2.19. The fourth-order valence-corrected chi connectivity index (χ4v) is 4.40. The Kier molecular flexibility index (Phi) is 11.7. The highest BCUT2D eigenvalue weighted by Crippen LogP contribution is 2.34. The predicted octanol–water partition coefficient (Wildman–Crippen LogP) is 8.14. The molecule has 0 saturated carbocycles. The number of hydrogen-bond acceptors (Lipinski definition) is 3. The molecule has 3 nitrogen and oxygen atoms in total. The second-order valence-corrected chi connectivity index (χ2v) is 8.48. The van der Waals surface area contributed by atoms with Crippen molar-refractivity contribution in [2.24, 2.45) is 0 Å². The van der Waals surface area contributed by atoms with E-state index >= 15 is 0 Å². The molecule has 0 atom stereocenters. The first kappa shape index (κ1) is 27.2. The lowest BCUT2D eigenvalue weighted by molar-refractivity contribution is 0.568. The molecule has 4 aromatic rings. The number of para-hydroxylation sites is 1. The molecule has 0 radical (unpaired) electrons. The van der Waals surface area contributed by atoms with Crippen molar-refractivity contribution < 1.29 is 0 Å². The van der Waals surface area contributed by atoms with Gasteiger partial charge < -0.3 is 10.6 Å². The maximum atomic E-state index is 5.02. The first-order chi connectivity index (χ1) is 15.4. The number of nitrogens with zero attached hydrogens (tertiary/aromatic N) is 1. The van der Waals surface area contributed by atoms with Crippen molar-refractivity contribution in [1.29, 1.82) is 0 Å². The molecule has 3 aromatic carbocycles. The molecular formula is C28H37Cl2N3. The van der Waals surface area contributed by atoms with Gasteiger partial charge in [0.2, 0.25) is 0 Å². The number of benzene rings is 3. The Morgan fingerprint density at radius 1 is 0.636 bits per heavy atom. The molecule has 178 valence electrons. The van der Waals surface area contributed by atoms with E-state index in [0.717, 1.165) is 37.1 Å². The van der Waals surface area contributed by atoms with E-state index in [-0.39, 0.29) is 24.8 Å². The number of halogens is 2. The SMILES string of the molecule is CCCCCCCCNCCCNc1c2ccccc2nc2c1ccc1ccccc12.Cl.Cl. The molecule has 0 unspecified atom stereocenters. The summed E-state index contributed by atoms with van der Waals surface area (Å²) in [7, 11) is 0. The van der Waals surface area contributed by atoms with E-state index in [4.69, 9.17) is 4.98 Å². The summed E-state index contributed by atoms with van der Waals surface area (Å²) in [5.74, 6) is 0. The van der Waals surface area contributed by atoms with Crippen molar-refractivity contribution in [2.45, 2.75) is 51.9 Å². The second kappa shape index (κ2) is 14.2. The minimum Gasteiger partial charge on any atom is -0.384 e. The van der Waals surface area contributed by atoms with Gasteiger partial charge in [-0.1, -0.05) is 93.6 Å². The van der Waals surface area contributed by atoms with Crippen LogP contribution in [0.1, 0.15) is 51.9 Å². The van der Waals surface area contributed by atoms with Gasteiger partial charge in [0.1, 0.15) is 0 Å². The van der Waals surface area contributed by atoms with Crippen LogP contribution in [-0.2, 0) is 0 Å². The van der Waals surface area contributed by atoms with Gasteiger partial charge in [0.15, 0.2) is 0 Å². The minimum atomic E-state index is 0. The first-order valence-corrected chi connectivity index (χ1v) is 12.0. The Hall–Kier alpha value is -2.07. The van der Waals surface area contributed by atoms with Crippen molar-refractivity contribution in [3.05, 3.63) is 60.7 Å². The maximum absolute atomic E-state index is 5.02. The van der Waals surface area contributed by atoms with Crippen LogP contribution in [-0.4, -0.2) is 24.6 Å². The fraction of sp³-hybridized carbons (Fsp3) is 0.393. The van der Waals surface area contributed by atoms with Gasteiger partial charge in [-0.2, -0.15) is 0 Å². The highest BCUT2D eigenvalue weighted by Gasteiger charge is 2.11. The number of rotatable bonds is 12. The second-order valence-electron chi connectivity index (χ2n) is 8.48. The van der Waals surface area contributed by atoms with Gasteiger partial charge in [-0.25, -0.2) is 4.98 Å². The van der Waals surface area contributed by atoms with Gasteiger partial charge in [-0.05, 0) is 37.4 Å². The standard InChI is InChI=1S/C28H35N3.2ClH/c1-2-3-4-5-6-11-19-29-20-12-21-30-27-24-15-9-10-16-26(24)31-28-23-14-8-7-13-22(23)17-18-25(27)28;;/h7-10,13-18,29H,2-6,11-12,19-21H2,1H3,(H,30,31);2*1H. The summed E-state index contributed by atoms with van der Waals surface area (Å²) in [5.41, 5.74) is 3.35. The van der Waals surface area contributed by atoms with E-state index in [0.29, 0.717) is 0 Å². The summed E-state index contributed by atoms with van der Waals surface area (Å²) >= 11 is 0. The van der Waals surface area contributed by atoms with Crippen molar-refractivity contribution in [1.82, 2.24) is 10.3 Å². The smallest absolute Gasteiger partial charge is 0.0808 e. The zero-order valence-corrected chi connectivity index (χ0v) is 21.2. The van der Waals surface area contributed by atoms with Crippen LogP contribution < -0.4 is 10.6 Å². The number of hydrogen-bond donors (Lipinski definition) is 2. The molecule has 0 spiro atoms. The van der Waals surface area contributed by atoms with Crippen LogP contribution in [0.5, 0.6) is 0 Å². The molecule has 0 bridgehead atoms. The summed E-state index contributed by atoms with van der Waals surface area (Å²) < 4.78 is 0. The van der Waals surface area contributed by atoms with E-state index < -0.39 is 0 Å². The molecule has 0 aliphatic carbocycles. The van der Waals surface area contributed by atoms with Gasteiger partial charge >= 0.3 is 0 Å². The third-order valence-corrected chi connectivity index (χ3v) is 6.11. The van der Waals surface area contributed by atoms with Crippen LogP contribution in [0.4, 0.5) is 5.69 Å². The van der Waals surface area contributed by atoms with Gasteiger partial charge in [0.25, 0.3) is 0 Å². The minimum absolute atomic E-state index is 0. The normalized spacial score (nSPS) is 10.8. The predicted molar refractivity (Wildman–Crippen MR) is 151 cm³/mol. The van der Waals surface area contributed by atoms with Crippen LogP contribution >= 0.6 is 24.8 Å². The summed E-state index contributed by atoms with van der Waals surface area (Å²) in [6.45, 7) is 5.43. The quantitative estimate of drug-likeness (QED) is 0.121. The lowest BCUT2D eigenvalue weighted by atomic mass is 10.0. The molecule has 5 heteroatoms. The van der Waals surface area contributed by atoms with Gasteiger partial charge in [-0.15, -0.1) is 24.8 Å². The van der Waals surface area contributed by atoms with Gasteiger partial charge in [0, 0.05) is 22.7 Å². The van der Waals surface area contributed by atoms with Crippen LogP contribution in [0, 0.1) is 0 Å². The fourth-order valence-electron chi connectivity index (χ4n) is 4.40. The number of pyridine rings is 1. The van der Waals surface area contributed by atoms with Crippen LogP contribution in [0.3, 0.4) is 0 Å². The molecule has 0 saturated heterocycles. The summed E-state index contributed by atoms with van der Waals surface area (Å²) in [6.07, 6.45) is 9.24. The molecule has 1 aromatic heterocycles. The molecule has 33 heavy (non-hydrogen) atoms. The Bertz CT molecular complexity index is 1130. The van der Waals surface area contributed by atoms with Crippen molar-refractivity contribution >= 4 is 63.1 Å². The Labute approximate surface area is 210 Å². The van der Waals surface area contributed by atoms with E-state index in [9.17, 15) is 0 Å². The first-order valence-electron chi connectivity index (χ1n) is 12.0. The number of anilines is 1. The average Bonchev–Trinajstić information content (AvgIpc) is 2.82. The molecule has 1 heterocycles. The number of nitrogens with one attached hydrogen (secondary N) is 2. The van der Waals surface area contributed by atoms with Crippen LogP contribution in [0.15, 0.2) is 60.7 Å². The highest BCUT2D eigenvalue weighted by molar-refractivity contribution is 6.15. The molecular weight excluding hydrogens is 449 g/mol. The topological polar surface area (TPSA) is 37.0 Å². The molecule has 0 aliphatic heterocycles. The largest absolute Gasteiger partial charge is 0.384 e.